The van der Waals surface area contributed by atoms with Crippen LogP contribution >= 0.6 is 0 Å². The molecule has 3 aromatic rings. The summed E-state index contributed by atoms with van der Waals surface area (Å²) < 4.78 is 87.2. The number of piperidine rings is 3. The molecule has 0 unspecified atom stereocenters. The van der Waals surface area contributed by atoms with Crippen LogP contribution in [-0.4, -0.2) is 40.8 Å². The van der Waals surface area contributed by atoms with E-state index in [0.29, 0.717) is 41.7 Å². The number of aliphatic hydroxyl groups excluding tert-OH is 1. The highest BCUT2D eigenvalue weighted by atomic mass is 19.4. The Kier molecular flexibility index (Phi) is 6.91. The van der Waals surface area contributed by atoms with Crippen molar-refractivity contribution in [2.45, 2.75) is 43.9 Å². The van der Waals surface area contributed by atoms with E-state index >= 15 is 0 Å². The number of halogens is 6. The van der Waals surface area contributed by atoms with Gasteiger partial charge in [0.05, 0.1) is 36.8 Å². The zero-order chi connectivity index (χ0) is 28.2. The van der Waals surface area contributed by atoms with Crippen molar-refractivity contribution in [3.05, 3.63) is 83.6 Å². The van der Waals surface area contributed by atoms with Crippen LogP contribution in [0, 0.1) is 11.8 Å². The summed E-state index contributed by atoms with van der Waals surface area (Å²) in [5.74, 6) is 0.843. The van der Waals surface area contributed by atoms with E-state index in [1.54, 1.807) is 30.5 Å². The normalized spacial score (nSPS) is 26.0. The lowest BCUT2D eigenvalue weighted by molar-refractivity contribution is -0.984. The van der Waals surface area contributed by atoms with Gasteiger partial charge < -0.3 is 14.3 Å². The lowest BCUT2D eigenvalue weighted by Crippen LogP contribution is -2.67. The van der Waals surface area contributed by atoms with Crippen LogP contribution in [0.5, 0.6) is 5.75 Å². The van der Waals surface area contributed by atoms with Crippen molar-refractivity contribution < 1.29 is 40.7 Å². The molecule has 3 fully saturated rings. The standard InChI is InChI=1S/C29H29F6N2O2/c1-3-18-16-37(15-17-10-20(28(30,31)32)13-21(11-17)29(33,34)35)9-7-19(18)12-26(37)27(38)23-6-8-36-25-5-4-22(39-2)14-24(23)25/h3-6,8,10-11,13-14,18-19,26-27,38H,1,7,9,12,15-16H2,2H3/q+1/t18-,19-,26-,27+,37-/m0/s1. The summed E-state index contributed by atoms with van der Waals surface area (Å²) in [4.78, 5) is 4.37. The Morgan fingerprint density at radius 2 is 1.77 bits per heavy atom. The molecule has 1 N–H and O–H groups in total. The molecule has 0 aliphatic carbocycles. The number of aromatic nitrogens is 1. The zero-order valence-electron chi connectivity index (χ0n) is 21.3. The van der Waals surface area contributed by atoms with E-state index in [1.165, 1.54) is 7.11 Å². The molecule has 0 radical (unpaired) electrons. The molecule has 208 valence electrons. The van der Waals surface area contributed by atoms with E-state index in [2.05, 4.69) is 11.6 Å². The first-order valence-electron chi connectivity index (χ1n) is 12.7. The van der Waals surface area contributed by atoms with Crippen LogP contribution in [0.2, 0.25) is 0 Å². The molecule has 6 rings (SSSR count). The highest BCUT2D eigenvalue weighted by molar-refractivity contribution is 5.83. The average molecular weight is 552 g/mol. The van der Waals surface area contributed by atoms with Crippen LogP contribution in [0.4, 0.5) is 26.3 Å². The minimum atomic E-state index is -4.93. The summed E-state index contributed by atoms with van der Waals surface area (Å²) in [5, 5.41) is 12.5. The Hall–Kier alpha value is -3.11. The number of benzene rings is 2. The molecule has 0 saturated carbocycles. The van der Waals surface area contributed by atoms with E-state index < -0.39 is 35.6 Å². The summed E-state index contributed by atoms with van der Waals surface area (Å²) >= 11 is 0. The molecule has 0 spiro atoms. The van der Waals surface area contributed by atoms with Crippen molar-refractivity contribution in [2.24, 2.45) is 11.8 Å². The van der Waals surface area contributed by atoms with Gasteiger partial charge in [-0.25, -0.2) is 0 Å². The van der Waals surface area contributed by atoms with Crippen LogP contribution in [-0.2, 0) is 18.9 Å². The van der Waals surface area contributed by atoms with Gasteiger partial charge in [0, 0.05) is 35.9 Å². The minimum Gasteiger partial charge on any atom is -0.497 e. The third-order valence-electron chi connectivity index (χ3n) is 8.49. The second kappa shape index (κ2) is 9.82. The molecular formula is C29H29F6N2O2+. The van der Waals surface area contributed by atoms with Gasteiger partial charge in [-0.15, -0.1) is 6.58 Å². The fourth-order valence-corrected chi connectivity index (χ4v) is 6.59. The molecule has 39 heavy (non-hydrogen) atoms. The number of nitrogens with zero attached hydrogens (tertiary/aromatic N) is 2. The predicted octanol–water partition coefficient (Wildman–Crippen LogP) is 6.93. The third-order valence-corrected chi connectivity index (χ3v) is 8.49. The van der Waals surface area contributed by atoms with Crippen molar-refractivity contribution in [3.63, 3.8) is 0 Å². The molecular weight excluding hydrogens is 522 g/mol. The van der Waals surface area contributed by atoms with Gasteiger partial charge in [0.25, 0.3) is 0 Å². The number of fused-ring (bicyclic) bond motifs is 4. The topological polar surface area (TPSA) is 42.4 Å². The largest absolute Gasteiger partial charge is 0.497 e. The highest BCUT2D eigenvalue weighted by Crippen LogP contribution is 2.48. The van der Waals surface area contributed by atoms with Gasteiger partial charge in [0.15, 0.2) is 0 Å². The number of aliphatic hydroxyl groups is 1. The molecule has 3 aliphatic heterocycles. The van der Waals surface area contributed by atoms with Crippen LogP contribution in [0.15, 0.2) is 61.3 Å². The van der Waals surface area contributed by atoms with Crippen LogP contribution in [0.1, 0.15) is 41.2 Å². The number of quaternary nitrogens is 1. The van der Waals surface area contributed by atoms with Crippen LogP contribution in [0.3, 0.4) is 0 Å². The molecule has 2 bridgehead atoms. The maximum Gasteiger partial charge on any atom is 0.416 e. The van der Waals surface area contributed by atoms with E-state index in [9.17, 15) is 31.4 Å². The van der Waals surface area contributed by atoms with Gasteiger partial charge in [0.2, 0.25) is 0 Å². The number of alkyl halides is 6. The Bertz CT molecular complexity index is 1360. The van der Waals surface area contributed by atoms with Crippen molar-refractivity contribution in [1.82, 2.24) is 4.98 Å². The summed E-state index contributed by atoms with van der Waals surface area (Å²) in [6, 6.07) is 8.34. The van der Waals surface area contributed by atoms with Gasteiger partial charge in [-0.05, 0) is 53.9 Å². The maximum atomic E-state index is 13.6. The molecule has 1 aromatic heterocycles. The molecule has 5 atom stereocenters. The predicted molar refractivity (Wildman–Crippen MR) is 134 cm³/mol. The highest BCUT2D eigenvalue weighted by Gasteiger charge is 2.54. The number of ether oxygens (including phenoxy) is 1. The molecule has 4 nitrogen and oxygen atoms in total. The molecule has 2 aromatic carbocycles. The third kappa shape index (κ3) is 5.12. The maximum absolute atomic E-state index is 13.6. The first-order valence-corrected chi connectivity index (χ1v) is 12.7. The second-order valence-corrected chi connectivity index (χ2v) is 10.7. The van der Waals surface area contributed by atoms with Gasteiger partial charge in [-0.3, -0.25) is 4.98 Å². The quantitative estimate of drug-likeness (QED) is 0.205. The van der Waals surface area contributed by atoms with E-state index in [0.717, 1.165) is 18.6 Å². The van der Waals surface area contributed by atoms with Crippen LogP contribution in [0.25, 0.3) is 10.9 Å². The van der Waals surface area contributed by atoms with Crippen LogP contribution < -0.4 is 4.74 Å². The molecule has 10 heteroatoms. The first-order chi connectivity index (χ1) is 18.3. The Balaban J connectivity index is 1.60. The van der Waals surface area contributed by atoms with Gasteiger partial charge in [-0.2, -0.15) is 26.3 Å². The van der Waals surface area contributed by atoms with Gasteiger partial charge >= 0.3 is 12.4 Å². The SMILES string of the molecule is C=C[C@H]1C[N@@+]2(Cc3cc(C(F)(F)F)cc(C(F)(F)F)c3)CC[C@H]1C[C@H]2[C@H](O)c1ccnc2ccc(OC)cc12. The fourth-order valence-electron chi connectivity index (χ4n) is 6.59. The van der Waals surface area contributed by atoms with E-state index in [-0.39, 0.29) is 34.5 Å². The zero-order valence-corrected chi connectivity index (χ0v) is 21.3. The summed E-state index contributed by atoms with van der Waals surface area (Å²) in [5.41, 5.74) is -1.47. The molecule has 0 amide bonds. The first kappa shape index (κ1) is 27.5. The van der Waals surface area contributed by atoms with Crippen molar-refractivity contribution in [3.8, 4) is 5.75 Å². The van der Waals surface area contributed by atoms with Crippen molar-refractivity contribution in [2.75, 3.05) is 20.2 Å². The lowest BCUT2D eigenvalue weighted by atomic mass is 9.71. The monoisotopic (exact) mass is 551 g/mol. The number of pyridine rings is 1. The fraction of sp³-hybridized carbons (Fsp3) is 0.414. The minimum absolute atomic E-state index is 0.0457. The molecule has 4 heterocycles. The molecule has 3 aliphatic rings. The Morgan fingerprint density at radius 3 is 2.38 bits per heavy atom. The lowest BCUT2D eigenvalue weighted by Gasteiger charge is -2.58. The summed E-state index contributed by atoms with van der Waals surface area (Å²) in [6.07, 6.45) is -6.16. The van der Waals surface area contributed by atoms with Crippen molar-refractivity contribution >= 4 is 10.9 Å². The summed E-state index contributed by atoms with van der Waals surface area (Å²) in [7, 11) is 1.53. The van der Waals surface area contributed by atoms with Crippen molar-refractivity contribution in [1.29, 1.82) is 0 Å². The van der Waals surface area contributed by atoms with E-state index in [1.807, 2.05) is 6.08 Å². The number of methoxy groups -OCH3 is 1. The summed E-state index contributed by atoms with van der Waals surface area (Å²) in [6.45, 7) is 4.86. The number of hydrogen-bond donors (Lipinski definition) is 1. The second-order valence-electron chi connectivity index (χ2n) is 10.7. The van der Waals surface area contributed by atoms with Gasteiger partial charge in [0.1, 0.15) is 24.4 Å². The number of hydrogen-bond acceptors (Lipinski definition) is 3. The van der Waals surface area contributed by atoms with E-state index in [4.69, 9.17) is 4.74 Å². The van der Waals surface area contributed by atoms with Gasteiger partial charge in [-0.1, -0.05) is 6.08 Å². The Labute approximate surface area is 222 Å². The molecule has 3 saturated heterocycles. The smallest absolute Gasteiger partial charge is 0.416 e. The average Bonchev–Trinajstić information content (AvgIpc) is 2.90. The number of rotatable bonds is 6. The Morgan fingerprint density at radius 1 is 1.08 bits per heavy atom.